The van der Waals surface area contributed by atoms with Gasteiger partial charge in [-0.3, -0.25) is 9.69 Å². The summed E-state index contributed by atoms with van der Waals surface area (Å²) >= 11 is 1.22. The summed E-state index contributed by atoms with van der Waals surface area (Å²) in [6, 6.07) is 0. The van der Waals surface area contributed by atoms with Crippen LogP contribution in [-0.4, -0.2) is 40.0 Å². The SMILES string of the molecule is NC(=O)OCC1C(=O)N2C(C(=O)O)=CS[C@@H]12. The molecule has 2 aliphatic rings. The Balaban J connectivity index is 1.99. The van der Waals surface area contributed by atoms with Crippen LogP contribution in [0.4, 0.5) is 4.79 Å². The van der Waals surface area contributed by atoms with Gasteiger partial charge in [-0.25, -0.2) is 9.59 Å². The highest BCUT2D eigenvalue weighted by Gasteiger charge is 2.53. The Morgan fingerprint density at radius 2 is 2.31 bits per heavy atom. The molecule has 0 aromatic rings. The third-order valence-electron chi connectivity index (χ3n) is 2.36. The second-order valence-electron chi connectivity index (χ2n) is 3.28. The number of aliphatic carboxylic acids is 1. The Bertz CT molecular complexity index is 407. The summed E-state index contributed by atoms with van der Waals surface area (Å²) in [6.45, 7) is -0.108. The number of fused-ring (bicyclic) bond motifs is 1. The molecule has 1 saturated heterocycles. The van der Waals surface area contributed by atoms with Gasteiger partial charge in [0.05, 0.1) is 0 Å². The van der Waals surface area contributed by atoms with E-state index >= 15 is 0 Å². The molecule has 0 radical (unpaired) electrons. The largest absolute Gasteiger partial charge is 0.477 e. The van der Waals surface area contributed by atoms with E-state index in [0.717, 1.165) is 0 Å². The third kappa shape index (κ3) is 1.51. The molecule has 0 spiro atoms. The van der Waals surface area contributed by atoms with E-state index in [1.165, 1.54) is 22.1 Å². The Labute approximate surface area is 94.2 Å². The summed E-state index contributed by atoms with van der Waals surface area (Å²) in [5, 5.41) is 9.89. The van der Waals surface area contributed by atoms with E-state index < -0.39 is 18.0 Å². The van der Waals surface area contributed by atoms with Crippen molar-refractivity contribution in [2.45, 2.75) is 5.37 Å². The highest BCUT2D eigenvalue weighted by Crippen LogP contribution is 2.44. The van der Waals surface area contributed by atoms with Crippen molar-refractivity contribution in [1.82, 2.24) is 4.90 Å². The van der Waals surface area contributed by atoms with Gasteiger partial charge in [0.25, 0.3) is 0 Å². The van der Waals surface area contributed by atoms with Crippen LogP contribution in [0.25, 0.3) is 0 Å². The smallest absolute Gasteiger partial charge is 0.404 e. The lowest BCUT2D eigenvalue weighted by Gasteiger charge is -2.41. The van der Waals surface area contributed by atoms with E-state index in [-0.39, 0.29) is 23.6 Å². The summed E-state index contributed by atoms with van der Waals surface area (Å²) in [6.07, 6.45) is -0.944. The first-order chi connectivity index (χ1) is 7.52. The lowest BCUT2D eigenvalue weighted by atomic mass is 9.98. The van der Waals surface area contributed by atoms with Crippen LogP contribution in [0, 0.1) is 5.92 Å². The number of primary amides is 1. The molecular weight excluding hydrogens is 236 g/mol. The van der Waals surface area contributed by atoms with Crippen molar-refractivity contribution in [3.05, 3.63) is 11.1 Å². The molecule has 2 amide bonds. The molecule has 0 bridgehead atoms. The standard InChI is InChI=1S/C8H8N2O5S/c9-8(14)15-1-3-5(11)10-4(7(12)13)2-16-6(3)10/h2-3,6H,1H2,(H2,9,14)(H,12,13)/t3?,6-/m0/s1. The maximum absolute atomic E-state index is 11.5. The normalized spacial score (nSPS) is 26.9. The number of thioether (sulfide) groups is 1. The monoisotopic (exact) mass is 244 g/mol. The fraction of sp³-hybridized carbons (Fsp3) is 0.375. The van der Waals surface area contributed by atoms with Crippen LogP contribution < -0.4 is 5.73 Å². The zero-order valence-electron chi connectivity index (χ0n) is 7.95. The van der Waals surface area contributed by atoms with Gasteiger partial charge in [0, 0.05) is 5.41 Å². The number of rotatable bonds is 3. The zero-order chi connectivity index (χ0) is 11.9. The Morgan fingerprint density at radius 1 is 1.62 bits per heavy atom. The number of amides is 2. The quantitative estimate of drug-likeness (QED) is 0.650. The first-order valence-electron chi connectivity index (χ1n) is 4.36. The predicted molar refractivity (Wildman–Crippen MR) is 53.0 cm³/mol. The molecule has 16 heavy (non-hydrogen) atoms. The molecule has 2 atom stereocenters. The van der Waals surface area contributed by atoms with Crippen molar-refractivity contribution in [2.75, 3.05) is 6.61 Å². The van der Waals surface area contributed by atoms with Crippen LogP contribution in [0.1, 0.15) is 0 Å². The molecule has 0 aromatic carbocycles. The maximum Gasteiger partial charge on any atom is 0.404 e. The van der Waals surface area contributed by atoms with E-state index in [1.54, 1.807) is 0 Å². The van der Waals surface area contributed by atoms with Crippen molar-refractivity contribution in [1.29, 1.82) is 0 Å². The van der Waals surface area contributed by atoms with Gasteiger partial charge in [-0.15, -0.1) is 11.8 Å². The number of carboxylic acids is 1. The predicted octanol–water partition coefficient (Wildman–Crippen LogP) is -0.461. The van der Waals surface area contributed by atoms with Gasteiger partial charge >= 0.3 is 12.1 Å². The number of carboxylic acid groups (broad SMARTS) is 1. The van der Waals surface area contributed by atoms with E-state index in [4.69, 9.17) is 10.8 Å². The van der Waals surface area contributed by atoms with Crippen molar-refractivity contribution in [3.63, 3.8) is 0 Å². The van der Waals surface area contributed by atoms with Gasteiger partial charge in [-0.2, -0.15) is 0 Å². The fourth-order valence-electron chi connectivity index (χ4n) is 1.61. The minimum Gasteiger partial charge on any atom is -0.477 e. The van der Waals surface area contributed by atoms with Crippen LogP contribution in [0.3, 0.4) is 0 Å². The van der Waals surface area contributed by atoms with Crippen LogP contribution in [0.15, 0.2) is 11.1 Å². The number of ether oxygens (including phenoxy) is 1. The topological polar surface area (TPSA) is 110 Å². The maximum atomic E-state index is 11.5. The van der Waals surface area contributed by atoms with Crippen molar-refractivity contribution in [2.24, 2.45) is 11.7 Å². The number of carbonyl (C=O) groups excluding carboxylic acids is 2. The molecule has 2 aliphatic heterocycles. The second kappa shape index (κ2) is 3.71. The minimum absolute atomic E-state index is 0.0321. The molecule has 3 N–H and O–H groups in total. The molecular formula is C8H8N2O5S. The van der Waals surface area contributed by atoms with Crippen molar-refractivity contribution >= 4 is 29.7 Å². The highest BCUT2D eigenvalue weighted by molar-refractivity contribution is 8.03. The molecule has 1 unspecified atom stereocenters. The van der Waals surface area contributed by atoms with Crippen LogP contribution in [0.2, 0.25) is 0 Å². The van der Waals surface area contributed by atoms with E-state index in [9.17, 15) is 14.4 Å². The van der Waals surface area contributed by atoms with Crippen molar-refractivity contribution < 1.29 is 24.2 Å². The highest BCUT2D eigenvalue weighted by atomic mass is 32.2. The summed E-state index contributed by atoms with van der Waals surface area (Å²) in [4.78, 5) is 33.8. The molecule has 0 aliphatic carbocycles. The molecule has 2 heterocycles. The van der Waals surface area contributed by atoms with Gasteiger partial charge in [0.15, 0.2) is 0 Å². The molecule has 2 rings (SSSR count). The minimum atomic E-state index is -1.14. The van der Waals surface area contributed by atoms with E-state index in [1.807, 2.05) is 0 Å². The summed E-state index contributed by atoms with van der Waals surface area (Å²) < 4.78 is 4.53. The Hall–Kier alpha value is -1.70. The average molecular weight is 244 g/mol. The number of β-lactam (4-membered cyclic amide) rings is 1. The van der Waals surface area contributed by atoms with E-state index in [0.29, 0.717) is 0 Å². The molecule has 0 aromatic heterocycles. The van der Waals surface area contributed by atoms with Gasteiger partial charge in [-0.05, 0) is 0 Å². The van der Waals surface area contributed by atoms with Gasteiger partial charge in [-0.1, -0.05) is 0 Å². The van der Waals surface area contributed by atoms with E-state index in [2.05, 4.69) is 4.74 Å². The number of nitrogens with zero attached hydrogens (tertiary/aromatic N) is 1. The van der Waals surface area contributed by atoms with Gasteiger partial charge in [0.1, 0.15) is 23.6 Å². The molecule has 8 heteroatoms. The fourth-order valence-corrected chi connectivity index (χ4v) is 2.81. The van der Waals surface area contributed by atoms with Gasteiger partial charge < -0.3 is 15.6 Å². The second-order valence-corrected chi connectivity index (χ2v) is 4.27. The first kappa shape index (κ1) is 10.8. The third-order valence-corrected chi connectivity index (χ3v) is 3.53. The van der Waals surface area contributed by atoms with Crippen LogP contribution >= 0.6 is 11.8 Å². The number of carbonyl (C=O) groups is 3. The lowest BCUT2D eigenvalue weighted by molar-refractivity contribution is -0.153. The Morgan fingerprint density at radius 3 is 2.88 bits per heavy atom. The number of nitrogens with two attached hydrogens (primary N) is 1. The number of hydrogen-bond acceptors (Lipinski definition) is 5. The molecule has 7 nitrogen and oxygen atoms in total. The average Bonchev–Trinajstić information content (AvgIpc) is 2.57. The molecule has 1 fully saturated rings. The van der Waals surface area contributed by atoms with Crippen molar-refractivity contribution in [3.8, 4) is 0 Å². The lowest BCUT2D eigenvalue weighted by Crippen LogP contribution is -2.59. The summed E-state index contributed by atoms with van der Waals surface area (Å²) in [5.41, 5.74) is 4.75. The first-order valence-corrected chi connectivity index (χ1v) is 5.31. The molecule has 86 valence electrons. The Kier molecular flexibility index (Phi) is 2.50. The molecule has 0 saturated carbocycles. The summed E-state index contributed by atoms with van der Waals surface area (Å²) in [5.74, 6) is -2.01. The zero-order valence-corrected chi connectivity index (χ0v) is 8.77. The van der Waals surface area contributed by atoms with Gasteiger partial charge in [0.2, 0.25) is 5.91 Å². The summed E-state index contributed by atoms with van der Waals surface area (Å²) in [7, 11) is 0. The number of hydrogen-bond donors (Lipinski definition) is 2. The van der Waals surface area contributed by atoms with Crippen LogP contribution in [-0.2, 0) is 14.3 Å². The van der Waals surface area contributed by atoms with Crippen LogP contribution in [0.5, 0.6) is 0 Å².